The molecule has 1 aromatic carbocycles. The Morgan fingerprint density at radius 3 is 2.45 bits per heavy atom. The lowest BCUT2D eigenvalue weighted by molar-refractivity contribution is 0.152. The van der Waals surface area contributed by atoms with Gasteiger partial charge in [0.15, 0.2) is 6.10 Å². The number of nitriles is 1. The number of ether oxygens (including phenoxy) is 1. The first-order valence-electron chi connectivity index (χ1n) is 6.54. The number of benzene rings is 1. The van der Waals surface area contributed by atoms with Crippen molar-refractivity contribution in [3.8, 4) is 11.8 Å². The summed E-state index contributed by atoms with van der Waals surface area (Å²) in [7, 11) is 0. The summed E-state index contributed by atoms with van der Waals surface area (Å²) < 4.78 is 11.5. The topological polar surface area (TPSA) is 72.2 Å². The lowest BCUT2D eigenvalue weighted by Gasteiger charge is -2.20. The van der Waals surface area contributed by atoms with E-state index in [0.29, 0.717) is 12.2 Å². The van der Waals surface area contributed by atoms with Gasteiger partial charge in [-0.1, -0.05) is 12.1 Å². The summed E-state index contributed by atoms with van der Waals surface area (Å²) in [5, 5.41) is 8.65. The Hall–Kier alpha value is -2.25. The third-order valence-electron chi connectivity index (χ3n) is 2.99. The molecule has 2 aromatic rings. The molecule has 0 spiro atoms. The lowest BCUT2D eigenvalue weighted by Crippen LogP contribution is -2.28. The first-order chi connectivity index (χ1) is 9.60. The van der Waals surface area contributed by atoms with Gasteiger partial charge in [0.25, 0.3) is 0 Å². The molecule has 0 aliphatic rings. The Morgan fingerprint density at radius 2 is 1.95 bits per heavy atom. The molecular weight excluding hydrogens is 252 g/mol. The number of nitrogens with zero attached hydrogens (tertiary/aromatic N) is 1. The molecule has 0 amide bonds. The standard InChI is InChI=1S/C16H18N2O2/c1-11-3-8-15(19-11)16(12(2)18)20-14-6-4-13(5-7-14)9-10-17/h3-8,12,16H,9,18H2,1-2H3. The number of rotatable bonds is 5. The number of nitrogens with two attached hydrogens (primary N) is 1. The van der Waals surface area contributed by atoms with Gasteiger partial charge in [-0.25, -0.2) is 0 Å². The Kier molecular flexibility index (Phi) is 4.44. The van der Waals surface area contributed by atoms with Crippen molar-refractivity contribution in [2.45, 2.75) is 32.4 Å². The molecule has 2 atom stereocenters. The Labute approximate surface area is 118 Å². The molecular formula is C16H18N2O2. The zero-order chi connectivity index (χ0) is 14.5. The number of hydrogen-bond acceptors (Lipinski definition) is 4. The van der Waals surface area contributed by atoms with Gasteiger partial charge in [0, 0.05) is 6.04 Å². The molecule has 2 N–H and O–H groups in total. The third kappa shape index (κ3) is 3.40. The van der Waals surface area contributed by atoms with Crippen LogP contribution in [0.2, 0.25) is 0 Å². The fourth-order valence-electron chi connectivity index (χ4n) is 1.95. The summed E-state index contributed by atoms with van der Waals surface area (Å²) in [6.45, 7) is 3.77. The molecule has 4 heteroatoms. The van der Waals surface area contributed by atoms with Crippen molar-refractivity contribution in [3.63, 3.8) is 0 Å². The van der Waals surface area contributed by atoms with Crippen LogP contribution in [0.5, 0.6) is 5.75 Å². The van der Waals surface area contributed by atoms with E-state index in [-0.39, 0.29) is 12.1 Å². The van der Waals surface area contributed by atoms with E-state index in [9.17, 15) is 0 Å². The summed E-state index contributed by atoms with van der Waals surface area (Å²) in [5.41, 5.74) is 6.94. The monoisotopic (exact) mass is 270 g/mol. The van der Waals surface area contributed by atoms with Crippen molar-refractivity contribution in [1.82, 2.24) is 0 Å². The van der Waals surface area contributed by atoms with E-state index in [0.717, 1.165) is 17.1 Å². The largest absolute Gasteiger partial charge is 0.481 e. The minimum Gasteiger partial charge on any atom is -0.481 e. The second-order valence-corrected chi connectivity index (χ2v) is 4.82. The number of furan rings is 1. The van der Waals surface area contributed by atoms with Gasteiger partial charge in [-0.05, 0) is 43.7 Å². The first-order valence-corrected chi connectivity index (χ1v) is 6.54. The van der Waals surface area contributed by atoms with Gasteiger partial charge < -0.3 is 14.9 Å². The SMILES string of the molecule is Cc1ccc(C(Oc2ccc(CC#N)cc2)C(C)N)o1. The van der Waals surface area contributed by atoms with E-state index in [1.165, 1.54) is 0 Å². The predicted molar refractivity (Wildman–Crippen MR) is 76.2 cm³/mol. The molecule has 20 heavy (non-hydrogen) atoms. The van der Waals surface area contributed by atoms with E-state index in [1.807, 2.05) is 50.2 Å². The minimum absolute atomic E-state index is 0.195. The lowest BCUT2D eigenvalue weighted by atomic mass is 10.1. The Balaban J connectivity index is 2.14. The van der Waals surface area contributed by atoms with Gasteiger partial charge >= 0.3 is 0 Å². The molecule has 4 nitrogen and oxygen atoms in total. The van der Waals surface area contributed by atoms with Gasteiger partial charge in [0.05, 0.1) is 12.5 Å². The fraction of sp³-hybridized carbons (Fsp3) is 0.312. The average Bonchev–Trinajstić information content (AvgIpc) is 2.84. The van der Waals surface area contributed by atoms with Crippen LogP contribution >= 0.6 is 0 Å². The van der Waals surface area contributed by atoms with Crippen molar-refractivity contribution in [1.29, 1.82) is 5.26 Å². The van der Waals surface area contributed by atoms with Crippen LogP contribution in [-0.4, -0.2) is 6.04 Å². The molecule has 1 heterocycles. The van der Waals surface area contributed by atoms with Crippen LogP contribution in [0.3, 0.4) is 0 Å². The highest BCUT2D eigenvalue weighted by atomic mass is 16.5. The maximum absolute atomic E-state index is 8.65. The highest BCUT2D eigenvalue weighted by molar-refractivity contribution is 5.29. The molecule has 0 aliphatic heterocycles. The second-order valence-electron chi connectivity index (χ2n) is 4.82. The maximum Gasteiger partial charge on any atom is 0.171 e. The van der Waals surface area contributed by atoms with Crippen LogP contribution in [0.4, 0.5) is 0 Å². The molecule has 2 rings (SSSR count). The van der Waals surface area contributed by atoms with E-state index in [1.54, 1.807) is 0 Å². The smallest absolute Gasteiger partial charge is 0.171 e. The van der Waals surface area contributed by atoms with Crippen molar-refractivity contribution in [2.24, 2.45) is 5.73 Å². The van der Waals surface area contributed by atoms with Gasteiger partial charge in [0.2, 0.25) is 0 Å². The second kappa shape index (κ2) is 6.27. The molecule has 2 unspecified atom stereocenters. The van der Waals surface area contributed by atoms with Crippen LogP contribution in [-0.2, 0) is 6.42 Å². The molecule has 0 saturated heterocycles. The quantitative estimate of drug-likeness (QED) is 0.906. The summed E-state index contributed by atoms with van der Waals surface area (Å²) >= 11 is 0. The van der Waals surface area contributed by atoms with Crippen LogP contribution in [0.15, 0.2) is 40.8 Å². The van der Waals surface area contributed by atoms with E-state index < -0.39 is 0 Å². The molecule has 0 bridgehead atoms. The molecule has 0 fully saturated rings. The molecule has 1 aromatic heterocycles. The van der Waals surface area contributed by atoms with Crippen molar-refractivity contribution in [2.75, 3.05) is 0 Å². The van der Waals surface area contributed by atoms with Gasteiger partial charge in [0.1, 0.15) is 17.3 Å². The molecule has 104 valence electrons. The maximum atomic E-state index is 8.65. The first kappa shape index (κ1) is 14.2. The van der Waals surface area contributed by atoms with Crippen LogP contribution in [0, 0.1) is 18.3 Å². The Bertz CT molecular complexity index is 594. The summed E-state index contributed by atoms with van der Waals surface area (Å²) in [6, 6.07) is 13.1. The van der Waals surface area contributed by atoms with Crippen molar-refractivity contribution >= 4 is 0 Å². The van der Waals surface area contributed by atoms with E-state index in [4.69, 9.17) is 20.1 Å². The molecule has 0 saturated carbocycles. The summed E-state index contributed by atoms with van der Waals surface area (Å²) in [6.07, 6.45) is 0.0690. The van der Waals surface area contributed by atoms with Crippen molar-refractivity contribution < 1.29 is 9.15 Å². The van der Waals surface area contributed by atoms with Crippen molar-refractivity contribution in [3.05, 3.63) is 53.5 Å². The average molecular weight is 270 g/mol. The zero-order valence-corrected chi connectivity index (χ0v) is 11.7. The third-order valence-corrected chi connectivity index (χ3v) is 2.99. The van der Waals surface area contributed by atoms with Gasteiger partial charge in [-0.2, -0.15) is 5.26 Å². The van der Waals surface area contributed by atoms with Gasteiger partial charge in [-0.3, -0.25) is 0 Å². The Morgan fingerprint density at radius 1 is 1.25 bits per heavy atom. The normalized spacial score (nSPS) is 13.5. The summed E-state index contributed by atoms with van der Waals surface area (Å²) in [5.74, 6) is 2.26. The molecule has 0 aliphatic carbocycles. The predicted octanol–water partition coefficient (Wildman–Crippen LogP) is 3.12. The van der Waals surface area contributed by atoms with Crippen LogP contribution < -0.4 is 10.5 Å². The molecule has 0 radical (unpaired) electrons. The van der Waals surface area contributed by atoms with Gasteiger partial charge in [-0.15, -0.1) is 0 Å². The number of aryl methyl sites for hydroxylation is 1. The van der Waals surface area contributed by atoms with Crippen LogP contribution in [0.25, 0.3) is 0 Å². The highest BCUT2D eigenvalue weighted by Crippen LogP contribution is 2.26. The number of hydrogen-bond donors (Lipinski definition) is 1. The highest BCUT2D eigenvalue weighted by Gasteiger charge is 2.21. The fourth-order valence-corrected chi connectivity index (χ4v) is 1.95. The van der Waals surface area contributed by atoms with E-state index in [2.05, 4.69) is 6.07 Å². The summed E-state index contributed by atoms with van der Waals surface area (Å²) in [4.78, 5) is 0. The zero-order valence-electron chi connectivity index (χ0n) is 11.7. The minimum atomic E-state index is -0.328. The van der Waals surface area contributed by atoms with E-state index >= 15 is 0 Å². The van der Waals surface area contributed by atoms with Crippen LogP contribution in [0.1, 0.15) is 30.1 Å².